The molecular formula is C12H20N2O2S. The highest BCUT2D eigenvalue weighted by atomic mass is 32.2. The van der Waals surface area contributed by atoms with Crippen LogP contribution in [0.5, 0.6) is 0 Å². The summed E-state index contributed by atoms with van der Waals surface area (Å²) in [5.41, 5.74) is 2.54. The first kappa shape index (κ1) is 14.2. The number of sulfonamides is 1. The van der Waals surface area contributed by atoms with Gasteiger partial charge in [0.1, 0.15) is 0 Å². The van der Waals surface area contributed by atoms with Crippen LogP contribution in [0, 0.1) is 13.8 Å². The van der Waals surface area contributed by atoms with Crippen molar-refractivity contribution >= 4 is 10.0 Å². The third kappa shape index (κ3) is 2.86. The Morgan fingerprint density at radius 2 is 1.53 bits per heavy atom. The van der Waals surface area contributed by atoms with Crippen molar-refractivity contribution in [3.8, 4) is 0 Å². The van der Waals surface area contributed by atoms with Gasteiger partial charge in [-0.05, 0) is 36.0 Å². The van der Waals surface area contributed by atoms with Crippen LogP contribution in [-0.4, -0.2) is 8.42 Å². The molecule has 4 nitrogen and oxygen atoms in total. The molecule has 0 aliphatic carbocycles. The molecule has 1 aromatic rings. The van der Waals surface area contributed by atoms with Gasteiger partial charge >= 0.3 is 0 Å². The zero-order valence-corrected chi connectivity index (χ0v) is 11.8. The van der Waals surface area contributed by atoms with Crippen LogP contribution in [-0.2, 0) is 15.4 Å². The highest BCUT2D eigenvalue weighted by molar-refractivity contribution is 7.89. The maximum Gasteiger partial charge on any atom is 0.253 e. The van der Waals surface area contributed by atoms with Crippen molar-refractivity contribution in [2.24, 2.45) is 5.84 Å². The fraction of sp³-hybridized carbons (Fsp3) is 0.500. The van der Waals surface area contributed by atoms with Crippen molar-refractivity contribution in [3.05, 3.63) is 28.8 Å². The molecular weight excluding hydrogens is 236 g/mol. The van der Waals surface area contributed by atoms with E-state index < -0.39 is 10.0 Å². The minimum atomic E-state index is -3.59. The number of aryl methyl sites for hydroxylation is 2. The summed E-state index contributed by atoms with van der Waals surface area (Å²) in [6.07, 6.45) is 0. The van der Waals surface area contributed by atoms with E-state index in [0.717, 1.165) is 5.56 Å². The Balaban J connectivity index is 3.51. The van der Waals surface area contributed by atoms with Crippen LogP contribution in [0.2, 0.25) is 0 Å². The molecule has 0 saturated heterocycles. The van der Waals surface area contributed by atoms with Crippen LogP contribution >= 0.6 is 0 Å². The first-order chi connectivity index (χ1) is 7.59. The van der Waals surface area contributed by atoms with E-state index in [-0.39, 0.29) is 10.3 Å². The predicted octanol–water partition coefficient (Wildman–Crippen LogP) is 1.75. The smallest absolute Gasteiger partial charge is 0.253 e. The molecule has 1 rings (SSSR count). The van der Waals surface area contributed by atoms with E-state index in [2.05, 4.69) is 20.8 Å². The number of hydrogen-bond donors (Lipinski definition) is 2. The van der Waals surface area contributed by atoms with Crippen LogP contribution in [0.15, 0.2) is 17.0 Å². The van der Waals surface area contributed by atoms with E-state index >= 15 is 0 Å². The Morgan fingerprint density at radius 1 is 1.12 bits per heavy atom. The molecule has 0 aliphatic rings. The largest absolute Gasteiger partial charge is 0.257 e. The summed E-state index contributed by atoms with van der Waals surface area (Å²) >= 11 is 0. The fourth-order valence-electron chi connectivity index (χ4n) is 1.87. The lowest BCUT2D eigenvalue weighted by Crippen LogP contribution is -2.31. The monoisotopic (exact) mass is 256 g/mol. The Labute approximate surface area is 103 Å². The van der Waals surface area contributed by atoms with Crippen molar-refractivity contribution in [3.63, 3.8) is 0 Å². The molecule has 17 heavy (non-hydrogen) atoms. The van der Waals surface area contributed by atoms with Gasteiger partial charge in [-0.2, -0.15) is 4.83 Å². The lowest BCUT2D eigenvalue weighted by molar-refractivity contribution is 0.578. The van der Waals surface area contributed by atoms with Crippen molar-refractivity contribution < 1.29 is 8.42 Å². The fourth-order valence-corrected chi connectivity index (χ4v) is 2.95. The topological polar surface area (TPSA) is 72.2 Å². The molecule has 96 valence electrons. The maximum absolute atomic E-state index is 11.8. The summed E-state index contributed by atoms with van der Waals surface area (Å²) in [6.45, 7) is 9.85. The Hall–Kier alpha value is -0.910. The van der Waals surface area contributed by atoms with Crippen LogP contribution < -0.4 is 10.7 Å². The Kier molecular flexibility index (Phi) is 3.66. The lowest BCUT2D eigenvalue weighted by atomic mass is 9.85. The lowest BCUT2D eigenvalue weighted by Gasteiger charge is -2.22. The highest BCUT2D eigenvalue weighted by Crippen LogP contribution is 2.28. The van der Waals surface area contributed by atoms with E-state index in [9.17, 15) is 8.42 Å². The minimum absolute atomic E-state index is 0.00600. The van der Waals surface area contributed by atoms with Gasteiger partial charge in [-0.3, -0.25) is 5.84 Å². The van der Waals surface area contributed by atoms with Gasteiger partial charge in [0, 0.05) is 0 Å². The molecule has 1 aromatic carbocycles. The van der Waals surface area contributed by atoms with Gasteiger partial charge in [0.05, 0.1) is 4.90 Å². The van der Waals surface area contributed by atoms with Crippen LogP contribution in [0.3, 0.4) is 0 Å². The second kappa shape index (κ2) is 4.40. The molecule has 0 spiro atoms. The number of nitrogens with two attached hydrogens (primary N) is 1. The van der Waals surface area contributed by atoms with E-state index in [1.54, 1.807) is 13.8 Å². The second-order valence-electron chi connectivity index (χ2n) is 5.31. The van der Waals surface area contributed by atoms with Crippen LogP contribution in [0.4, 0.5) is 0 Å². The van der Waals surface area contributed by atoms with Gasteiger partial charge in [0.25, 0.3) is 10.0 Å². The number of hydrazine groups is 1. The first-order valence-electron chi connectivity index (χ1n) is 5.43. The normalized spacial score (nSPS) is 12.8. The second-order valence-corrected chi connectivity index (χ2v) is 6.96. The zero-order valence-electron chi connectivity index (χ0n) is 11.0. The molecule has 0 aliphatic heterocycles. The molecule has 0 radical (unpaired) electrons. The zero-order chi connectivity index (χ0) is 13.4. The summed E-state index contributed by atoms with van der Waals surface area (Å²) in [7, 11) is -3.59. The van der Waals surface area contributed by atoms with Crippen molar-refractivity contribution in [2.45, 2.75) is 44.9 Å². The quantitative estimate of drug-likeness (QED) is 0.625. The highest BCUT2D eigenvalue weighted by Gasteiger charge is 2.22. The van der Waals surface area contributed by atoms with E-state index in [1.807, 2.05) is 17.0 Å². The maximum atomic E-state index is 11.8. The number of hydrogen-bond acceptors (Lipinski definition) is 3. The van der Waals surface area contributed by atoms with Gasteiger partial charge in [-0.1, -0.05) is 32.9 Å². The molecule has 5 heteroatoms. The molecule has 0 aromatic heterocycles. The third-order valence-electron chi connectivity index (χ3n) is 2.75. The average molecular weight is 256 g/mol. The van der Waals surface area contributed by atoms with Gasteiger partial charge in [-0.25, -0.2) is 8.42 Å². The summed E-state index contributed by atoms with van der Waals surface area (Å²) < 4.78 is 23.5. The SMILES string of the molecule is Cc1cc(C(C)(C)C)cc(C)c1S(=O)(=O)NN. The number of nitrogens with one attached hydrogen (secondary N) is 1. The van der Waals surface area contributed by atoms with Crippen molar-refractivity contribution in [1.29, 1.82) is 0 Å². The van der Waals surface area contributed by atoms with Gasteiger partial charge in [0.2, 0.25) is 0 Å². The number of rotatable bonds is 2. The van der Waals surface area contributed by atoms with Crippen molar-refractivity contribution in [1.82, 2.24) is 4.83 Å². The van der Waals surface area contributed by atoms with E-state index in [1.165, 1.54) is 0 Å². The Morgan fingerprint density at radius 3 is 1.82 bits per heavy atom. The van der Waals surface area contributed by atoms with E-state index in [4.69, 9.17) is 5.84 Å². The third-order valence-corrected chi connectivity index (χ3v) is 4.24. The molecule has 0 amide bonds. The molecule has 3 N–H and O–H groups in total. The standard InChI is InChI=1S/C12H20N2O2S/c1-8-6-10(12(3,4)5)7-9(2)11(8)17(15,16)14-13/h6-7,14H,13H2,1-5H3. The van der Waals surface area contributed by atoms with Crippen LogP contribution in [0.25, 0.3) is 0 Å². The number of benzene rings is 1. The van der Waals surface area contributed by atoms with E-state index in [0.29, 0.717) is 11.1 Å². The van der Waals surface area contributed by atoms with Crippen LogP contribution in [0.1, 0.15) is 37.5 Å². The summed E-state index contributed by atoms with van der Waals surface area (Å²) in [6, 6.07) is 3.80. The van der Waals surface area contributed by atoms with Crippen molar-refractivity contribution in [2.75, 3.05) is 0 Å². The summed E-state index contributed by atoms with van der Waals surface area (Å²) in [5.74, 6) is 5.06. The summed E-state index contributed by atoms with van der Waals surface area (Å²) in [4.78, 5) is 2.14. The molecule has 0 bridgehead atoms. The Bertz CT molecular complexity index is 505. The minimum Gasteiger partial charge on any atom is -0.257 e. The predicted molar refractivity (Wildman–Crippen MR) is 69.1 cm³/mol. The molecule has 0 fully saturated rings. The van der Waals surface area contributed by atoms with Gasteiger partial charge < -0.3 is 0 Å². The molecule has 0 heterocycles. The first-order valence-corrected chi connectivity index (χ1v) is 6.92. The molecule has 0 unspecified atom stereocenters. The molecule has 0 saturated carbocycles. The molecule has 0 atom stereocenters. The summed E-state index contributed by atoms with van der Waals surface area (Å²) in [5, 5.41) is 0. The van der Waals surface area contributed by atoms with Gasteiger partial charge in [0.15, 0.2) is 0 Å². The average Bonchev–Trinajstić information content (AvgIpc) is 2.14. The van der Waals surface area contributed by atoms with Gasteiger partial charge in [-0.15, -0.1) is 0 Å².